The molecule has 1 aliphatic rings. The molecular weight excluding hydrogens is 344 g/mol. The Bertz CT molecular complexity index is 638. The third-order valence-electron chi connectivity index (χ3n) is 4.04. The highest BCUT2D eigenvalue weighted by Crippen LogP contribution is 2.20. The summed E-state index contributed by atoms with van der Waals surface area (Å²) in [6, 6.07) is 2.16. The van der Waals surface area contributed by atoms with E-state index in [1.807, 2.05) is 14.1 Å². The SMILES string of the molecule is CC(=O)N[C@@H]1[C@@H](O)[C@H](O)[C@@H](CO)O[C@H]1NC(=O)c1ccc(N(C)C)nc1. The topological polar surface area (TPSA) is 144 Å². The summed E-state index contributed by atoms with van der Waals surface area (Å²) in [6.45, 7) is 0.677. The molecule has 1 aromatic heterocycles. The molecule has 2 amide bonds. The summed E-state index contributed by atoms with van der Waals surface area (Å²) in [4.78, 5) is 29.7. The average Bonchev–Trinajstić information content (AvgIpc) is 2.60. The molecule has 2 heterocycles. The molecule has 1 saturated heterocycles. The minimum Gasteiger partial charge on any atom is -0.394 e. The standard InChI is InChI=1S/C16H24N4O6/c1-8(22)18-12-14(24)13(23)10(7-21)26-16(12)19-15(25)9-4-5-11(17-6-9)20(2)3/h4-6,10,12-14,16,21,23-24H,7H2,1-3H3,(H,18,22)(H,19,25)/t10-,12-,13-,14-,16-/m1/s1. The van der Waals surface area contributed by atoms with Crippen molar-refractivity contribution in [1.82, 2.24) is 15.6 Å². The fraction of sp³-hybridized carbons (Fsp3) is 0.562. The number of carbonyl (C=O) groups is 2. The first-order valence-corrected chi connectivity index (χ1v) is 8.08. The Morgan fingerprint density at radius 1 is 1.23 bits per heavy atom. The van der Waals surface area contributed by atoms with Gasteiger partial charge >= 0.3 is 0 Å². The van der Waals surface area contributed by atoms with E-state index in [2.05, 4.69) is 15.6 Å². The maximum Gasteiger partial charge on any atom is 0.254 e. The number of nitrogens with zero attached hydrogens (tertiary/aromatic N) is 2. The van der Waals surface area contributed by atoms with Crippen molar-refractivity contribution in [2.24, 2.45) is 0 Å². The zero-order valence-corrected chi connectivity index (χ0v) is 14.8. The van der Waals surface area contributed by atoms with Crippen molar-refractivity contribution in [3.63, 3.8) is 0 Å². The smallest absolute Gasteiger partial charge is 0.254 e. The highest BCUT2D eigenvalue weighted by atomic mass is 16.5. The predicted molar refractivity (Wildman–Crippen MR) is 91.4 cm³/mol. The van der Waals surface area contributed by atoms with Gasteiger partial charge in [0.2, 0.25) is 5.91 Å². The molecule has 26 heavy (non-hydrogen) atoms. The molecule has 2 rings (SSSR count). The lowest BCUT2D eigenvalue weighted by Crippen LogP contribution is -2.68. The van der Waals surface area contributed by atoms with Crippen LogP contribution in [0.5, 0.6) is 0 Å². The van der Waals surface area contributed by atoms with E-state index < -0.39 is 49.0 Å². The average molecular weight is 368 g/mol. The first kappa shape index (κ1) is 20.0. The van der Waals surface area contributed by atoms with Gasteiger partial charge in [-0.1, -0.05) is 0 Å². The number of ether oxygens (including phenoxy) is 1. The summed E-state index contributed by atoms with van der Waals surface area (Å²) in [5.41, 5.74) is 0.252. The van der Waals surface area contributed by atoms with Gasteiger partial charge in [-0.3, -0.25) is 9.59 Å². The molecule has 5 N–H and O–H groups in total. The summed E-state index contributed by atoms with van der Waals surface area (Å²) in [6.07, 6.45) is -3.70. The van der Waals surface area contributed by atoms with Crippen LogP contribution in [0.2, 0.25) is 0 Å². The van der Waals surface area contributed by atoms with Gasteiger partial charge in [-0.2, -0.15) is 0 Å². The molecule has 1 fully saturated rings. The summed E-state index contributed by atoms with van der Waals surface area (Å²) in [7, 11) is 3.63. The molecule has 0 aromatic carbocycles. The van der Waals surface area contributed by atoms with Crippen LogP contribution in [-0.2, 0) is 9.53 Å². The molecular formula is C16H24N4O6. The summed E-state index contributed by atoms with van der Waals surface area (Å²) < 4.78 is 5.45. The molecule has 0 bridgehead atoms. The molecule has 144 valence electrons. The van der Waals surface area contributed by atoms with Gasteiger partial charge in [-0.15, -0.1) is 0 Å². The lowest BCUT2D eigenvalue weighted by Gasteiger charge is -2.42. The van der Waals surface area contributed by atoms with Crippen molar-refractivity contribution in [1.29, 1.82) is 0 Å². The Hall–Kier alpha value is -2.27. The molecule has 5 atom stereocenters. The van der Waals surface area contributed by atoms with Gasteiger partial charge in [0.25, 0.3) is 5.91 Å². The summed E-state index contributed by atoms with van der Waals surface area (Å²) >= 11 is 0. The molecule has 10 heteroatoms. The minimum atomic E-state index is -1.43. The van der Waals surface area contributed by atoms with Crippen molar-refractivity contribution in [2.75, 3.05) is 25.6 Å². The van der Waals surface area contributed by atoms with Gasteiger partial charge in [0.1, 0.15) is 30.2 Å². The van der Waals surface area contributed by atoms with Gasteiger partial charge in [0.15, 0.2) is 6.23 Å². The van der Waals surface area contributed by atoms with Crippen LogP contribution in [0.3, 0.4) is 0 Å². The molecule has 1 aliphatic heterocycles. The van der Waals surface area contributed by atoms with Crippen LogP contribution in [0, 0.1) is 0 Å². The fourth-order valence-electron chi connectivity index (χ4n) is 2.63. The van der Waals surface area contributed by atoms with Crippen LogP contribution in [0.1, 0.15) is 17.3 Å². The second-order valence-electron chi connectivity index (χ2n) is 6.26. The van der Waals surface area contributed by atoms with Gasteiger partial charge < -0.3 is 35.6 Å². The Kier molecular flexibility index (Phi) is 6.48. The van der Waals surface area contributed by atoms with Crippen LogP contribution in [0.25, 0.3) is 0 Å². The van der Waals surface area contributed by atoms with Gasteiger partial charge in [0, 0.05) is 27.2 Å². The monoisotopic (exact) mass is 368 g/mol. The normalized spacial score (nSPS) is 28.3. The Labute approximate surface area is 150 Å². The summed E-state index contributed by atoms with van der Waals surface area (Å²) in [5, 5.41) is 34.4. The minimum absolute atomic E-state index is 0.252. The number of anilines is 1. The number of hydrogen-bond donors (Lipinski definition) is 5. The quantitative estimate of drug-likeness (QED) is 0.395. The zero-order chi connectivity index (χ0) is 19.4. The second kappa shape index (κ2) is 8.41. The van der Waals surface area contributed by atoms with Crippen molar-refractivity contribution in [2.45, 2.75) is 37.5 Å². The lowest BCUT2D eigenvalue weighted by molar-refractivity contribution is -0.199. The molecule has 0 radical (unpaired) electrons. The maximum atomic E-state index is 12.4. The molecule has 0 saturated carbocycles. The predicted octanol–water partition coefficient (Wildman–Crippen LogP) is -2.18. The summed E-state index contributed by atoms with van der Waals surface area (Å²) in [5.74, 6) is -0.336. The fourth-order valence-corrected chi connectivity index (χ4v) is 2.63. The molecule has 10 nitrogen and oxygen atoms in total. The second-order valence-corrected chi connectivity index (χ2v) is 6.26. The number of aliphatic hydroxyl groups is 3. The number of hydrogen-bond acceptors (Lipinski definition) is 8. The molecule has 0 spiro atoms. The highest BCUT2D eigenvalue weighted by Gasteiger charge is 2.45. The van der Waals surface area contributed by atoms with Crippen LogP contribution in [-0.4, -0.2) is 83.4 Å². The first-order chi connectivity index (χ1) is 12.2. The van der Waals surface area contributed by atoms with Gasteiger partial charge in [0.05, 0.1) is 12.2 Å². The van der Waals surface area contributed by atoms with E-state index in [4.69, 9.17) is 4.74 Å². The number of rotatable bonds is 5. The number of pyridine rings is 1. The number of carbonyl (C=O) groups excluding carboxylic acids is 2. The molecule has 0 aliphatic carbocycles. The van der Waals surface area contributed by atoms with Crippen LogP contribution >= 0.6 is 0 Å². The number of aromatic nitrogens is 1. The number of amides is 2. The Morgan fingerprint density at radius 3 is 2.42 bits per heavy atom. The van der Waals surface area contributed by atoms with Gasteiger partial charge in [-0.05, 0) is 12.1 Å². The number of aliphatic hydroxyl groups excluding tert-OH is 3. The van der Waals surface area contributed by atoms with Crippen molar-refractivity contribution in [3.8, 4) is 0 Å². The van der Waals surface area contributed by atoms with E-state index in [9.17, 15) is 24.9 Å². The highest BCUT2D eigenvalue weighted by molar-refractivity contribution is 5.94. The third kappa shape index (κ3) is 4.47. The zero-order valence-electron chi connectivity index (χ0n) is 14.8. The molecule has 0 unspecified atom stereocenters. The van der Waals surface area contributed by atoms with E-state index in [0.29, 0.717) is 5.82 Å². The largest absolute Gasteiger partial charge is 0.394 e. The van der Waals surface area contributed by atoms with E-state index in [1.54, 1.807) is 17.0 Å². The Morgan fingerprint density at radius 2 is 1.92 bits per heavy atom. The van der Waals surface area contributed by atoms with E-state index in [-0.39, 0.29) is 5.56 Å². The van der Waals surface area contributed by atoms with E-state index in [0.717, 1.165) is 0 Å². The van der Waals surface area contributed by atoms with Crippen LogP contribution in [0.15, 0.2) is 18.3 Å². The Balaban J connectivity index is 2.16. The molecule has 1 aromatic rings. The van der Waals surface area contributed by atoms with Crippen molar-refractivity contribution in [3.05, 3.63) is 23.9 Å². The number of nitrogens with one attached hydrogen (secondary N) is 2. The van der Waals surface area contributed by atoms with Crippen LogP contribution in [0.4, 0.5) is 5.82 Å². The van der Waals surface area contributed by atoms with Crippen molar-refractivity contribution < 1.29 is 29.6 Å². The van der Waals surface area contributed by atoms with Gasteiger partial charge in [-0.25, -0.2) is 4.98 Å². The third-order valence-corrected chi connectivity index (χ3v) is 4.04. The van der Waals surface area contributed by atoms with E-state index >= 15 is 0 Å². The lowest BCUT2D eigenvalue weighted by atomic mass is 9.95. The van der Waals surface area contributed by atoms with Crippen LogP contribution < -0.4 is 15.5 Å². The maximum absolute atomic E-state index is 12.4. The van der Waals surface area contributed by atoms with Crippen molar-refractivity contribution >= 4 is 17.6 Å². The first-order valence-electron chi connectivity index (χ1n) is 8.08. The van der Waals surface area contributed by atoms with E-state index in [1.165, 1.54) is 13.1 Å².